The van der Waals surface area contributed by atoms with Gasteiger partial charge in [0.1, 0.15) is 0 Å². The van der Waals surface area contributed by atoms with E-state index in [1.807, 2.05) is 0 Å². The second kappa shape index (κ2) is 3.00. The highest BCUT2D eigenvalue weighted by molar-refractivity contribution is 4.97. The van der Waals surface area contributed by atoms with Crippen LogP contribution < -0.4 is 0 Å². The van der Waals surface area contributed by atoms with Gasteiger partial charge in [0.2, 0.25) is 0 Å². The van der Waals surface area contributed by atoms with E-state index in [4.69, 9.17) is 4.74 Å². The fourth-order valence-electron chi connectivity index (χ4n) is 2.66. The van der Waals surface area contributed by atoms with E-state index < -0.39 is 0 Å². The van der Waals surface area contributed by atoms with Crippen molar-refractivity contribution in [3.8, 4) is 0 Å². The molecule has 3 saturated heterocycles. The predicted molar refractivity (Wildman–Crippen MR) is 49.2 cm³/mol. The van der Waals surface area contributed by atoms with Crippen LogP contribution in [-0.4, -0.2) is 35.7 Å². The van der Waals surface area contributed by atoms with Gasteiger partial charge in [-0.15, -0.1) is 0 Å². The Bertz CT molecular complexity index is 169. The van der Waals surface area contributed by atoms with Crippen LogP contribution in [0.1, 0.15) is 33.6 Å². The molecule has 3 aliphatic heterocycles. The normalized spacial score (nSPS) is 42.5. The van der Waals surface area contributed by atoms with E-state index in [9.17, 15) is 0 Å². The summed E-state index contributed by atoms with van der Waals surface area (Å²) in [5, 5.41) is 0. The summed E-state index contributed by atoms with van der Waals surface area (Å²) in [4.78, 5) is 2.61. The Kier molecular flexibility index (Phi) is 2.13. The monoisotopic (exact) mass is 169 g/mol. The molecule has 0 amide bonds. The highest BCUT2D eigenvalue weighted by atomic mass is 16.5. The Morgan fingerprint density at radius 1 is 1.25 bits per heavy atom. The average Bonchev–Trinajstić information content (AvgIpc) is 2.16. The van der Waals surface area contributed by atoms with E-state index >= 15 is 0 Å². The Morgan fingerprint density at radius 2 is 2.00 bits per heavy atom. The van der Waals surface area contributed by atoms with Crippen molar-refractivity contribution in [3.63, 3.8) is 0 Å². The predicted octanol–water partition coefficient (Wildman–Crippen LogP) is 1.65. The summed E-state index contributed by atoms with van der Waals surface area (Å²) in [5.41, 5.74) is 0. The lowest BCUT2D eigenvalue weighted by Gasteiger charge is -2.49. The van der Waals surface area contributed by atoms with Crippen molar-refractivity contribution >= 4 is 0 Å². The molecular formula is C10H19NO. The van der Waals surface area contributed by atoms with Gasteiger partial charge < -0.3 is 4.74 Å². The maximum atomic E-state index is 5.70. The maximum absolute atomic E-state index is 5.70. The van der Waals surface area contributed by atoms with Crippen LogP contribution in [0.2, 0.25) is 0 Å². The zero-order valence-corrected chi connectivity index (χ0v) is 8.29. The van der Waals surface area contributed by atoms with Crippen LogP contribution in [0.5, 0.6) is 0 Å². The summed E-state index contributed by atoms with van der Waals surface area (Å²) in [5.74, 6) is 0. The van der Waals surface area contributed by atoms with Crippen molar-refractivity contribution < 1.29 is 4.74 Å². The van der Waals surface area contributed by atoms with Gasteiger partial charge in [0.15, 0.2) is 0 Å². The van der Waals surface area contributed by atoms with Crippen LogP contribution in [0, 0.1) is 0 Å². The second-order valence-electron chi connectivity index (χ2n) is 4.46. The van der Waals surface area contributed by atoms with E-state index in [0.717, 1.165) is 18.7 Å². The third-order valence-electron chi connectivity index (χ3n) is 3.16. The highest BCUT2D eigenvalue weighted by Crippen LogP contribution is 2.34. The molecule has 3 heterocycles. The van der Waals surface area contributed by atoms with Gasteiger partial charge in [-0.05, 0) is 33.6 Å². The summed E-state index contributed by atoms with van der Waals surface area (Å²) in [6, 6.07) is 2.23. The van der Waals surface area contributed by atoms with Crippen molar-refractivity contribution in [2.24, 2.45) is 0 Å². The van der Waals surface area contributed by atoms with Gasteiger partial charge in [0.25, 0.3) is 0 Å². The number of fused-ring (bicyclic) bond motifs is 3. The molecule has 0 aliphatic carbocycles. The molecule has 12 heavy (non-hydrogen) atoms. The molecule has 3 fully saturated rings. The topological polar surface area (TPSA) is 12.5 Å². The van der Waals surface area contributed by atoms with E-state index in [0.29, 0.717) is 12.1 Å². The lowest BCUT2D eigenvalue weighted by Crippen LogP contribution is -2.59. The largest absolute Gasteiger partial charge is 0.377 e. The second-order valence-corrected chi connectivity index (χ2v) is 4.46. The van der Waals surface area contributed by atoms with E-state index in [-0.39, 0.29) is 0 Å². The molecule has 0 aromatic rings. The minimum atomic E-state index is 0.476. The van der Waals surface area contributed by atoms with Crippen LogP contribution in [0.4, 0.5) is 0 Å². The Morgan fingerprint density at radius 3 is 2.67 bits per heavy atom. The van der Waals surface area contributed by atoms with Gasteiger partial charge >= 0.3 is 0 Å². The molecule has 0 aromatic carbocycles. The number of ether oxygens (including phenoxy) is 1. The smallest absolute Gasteiger partial charge is 0.0626 e. The molecule has 0 spiro atoms. The number of hydrogen-bond donors (Lipinski definition) is 0. The first-order chi connectivity index (χ1) is 5.68. The highest BCUT2D eigenvalue weighted by Gasteiger charge is 2.42. The molecule has 2 heteroatoms. The fraction of sp³-hybridized carbons (Fsp3) is 1.00. The van der Waals surface area contributed by atoms with Crippen LogP contribution >= 0.6 is 0 Å². The van der Waals surface area contributed by atoms with Gasteiger partial charge in [0, 0.05) is 18.1 Å². The first-order valence-corrected chi connectivity index (χ1v) is 5.07. The van der Waals surface area contributed by atoms with Crippen LogP contribution in [0.15, 0.2) is 0 Å². The molecule has 3 unspecified atom stereocenters. The average molecular weight is 169 g/mol. The number of nitrogens with zero attached hydrogens (tertiary/aromatic N) is 1. The van der Waals surface area contributed by atoms with Crippen LogP contribution in [-0.2, 0) is 4.74 Å². The lowest BCUT2D eigenvalue weighted by atomic mass is 9.89. The van der Waals surface area contributed by atoms with Gasteiger partial charge in [-0.2, -0.15) is 0 Å². The van der Waals surface area contributed by atoms with Crippen molar-refractivity contribution in [1.29, 1.82) is 0 Å². The van der Waals surface area contributed by atoms with Crippen molar-refractivity contribution in [2.75, 3.05) is 6.61 Å². The van der Waals surface area contributed by atoms with Gasteiger partial charge in [-0.1, -0.05) is 0 Å². The van der Waals surface area contributed by atoms with E-state index in [2.05, 4.69) is 25.7 Å². The molecular weight excluding hydrogens is 150 g/mol. The molecule has 0 saturated carbocycles. The fourth-order valence-corrected chi connectivity index (χ4v) is 2.66. The SMILES string of the molecule is CC1CC2CC(CO1)N2C(C)C. The molecule has 2 bridgehead atoms. The number of hydrogen-bond acceptors (Lipinski definition) is 2. The molecule has 2 nitrogen and oxygen atoms in total. The molecule has 3 atom stereocenters. The Labute approximate surface area is 74.9 Å². The zero-order valence-electron chi connectivity index (χ0n) is 8.29. The van der Waals surface area contributed by atoms with Crippen molar-refractivity contribution in [3.05, 3.63) is 0 Å². The van der Waals surface area contributed by atoms with Gasteiger partial charge in [-0.25, -0.2) is 0 Å². The standard InChI is InChI=1S/C10H19NO/c1-7(2)11-9-4-8(3)12-6-10(11)5-9/h7-10H,4-6H2,1-3H3. The Balaban J connectivity index is 2.02. The summed E-state index contributed by atoms with van der Waals surface area (Å²) < 4.78 is 5.70. The molecule has 0 radical (unpaired) electrons. The summed E-state index contributed by atoms with van der Waals surface area (Å²) in [6.07, 6.45) is 3.07. The van der Waals surface area contributed by atoms with Crippen LogP contribution in [0.25, 0.3) is 0 Å². The summed E-state index contributed by atoms with van der Waals surface area (Å²) >= 11 is 0. The molecule has 0 N–H and O–H groups in total. The third-order valence-corrected chi connectivity index (χ3v) is 3.16. The van der Waals surface area contributed by atoms with Crippen LogP contribution in [0.3, 0.4) is 0 Å². The van der Waals surface area contributed by atoms with Crippen molar-refractivity contribution in [1.82, 2.24) is 4.90 Å². The molecule has 70 valence electrons. The van der Waals surface area contributed by atoms with E-state index in [1.54, 1.807) is 0 Å². The van der Waals surface area contributed by atoms with Crippen molar-refractivity contribution in [2.45, 2.75) is 57.8 Å². The molecule has 3 rings (SSSR count). The summed E-state index contributed by atoms with van der Waals surface area (Å²) in [7, 11) is 0. The van der Waals surface area contributed by atoms with Gasteiger partial charge in [-0.3, -0.25) is 4.90 Å². The zero-order chi connectivity index (χ0) is 8.72. The lowest BCUT2D eigenvalue weighted by molar-refractivity contribution is -0.0209. The van der Waals surface area contributed by atoms with E-state index in [1.165, 1.54) is 12.8 Å². The third kappa shape index (κ3) is 1.27. The molecule has 0 aromatic heterocycles. The number of rotatable bonds is 1. The Hall–Kier alpha value is -0.0800. The first-order valence-electron chi connectivity index (χ1n) is 5.07. The minimum absolute atomic E-state index is 0.476. The first kappa shape index (κ1) is 8.52. The minimum Gasteiger partial charge on any atom is -0.377 e. The van der Waals surface area contributed by atoms with Gasteiger partial charge in [0.05, 0.1) is 12.7 Å². The molecule has 3 aliphatic rings. The maximum Gasteiger partial charge on any atom is 0.0626 e. The summed E-state index contributed by atoms with van der Waals surface area (Å²) in [6.45, 7) is 7.72. The quantitative estimate of drug-likeness (QED) is 0.592.